The van der Waals surface area contributed by atoms with Gasteiger partial charge >= 0.3 is 0 Å². The van der Waals surface area contributed by atoms with E-state index in [-0.39, 0.29) is 6.79 Å². The van der Waals surface area contributed by atoms with Crippen LogP contribution >= 0.6 is 11.3 Å². The number of nitrogens with zero attached hydrogens (tertiary/aromatic N) is 4. The highest BCUT2D eigenvalue weighted by atomic mass is 32.1. The molecule has 1 aliphatic rings. The molecule has 0 atom stereocenters. The standard InChI is InChI=1S/C24H20N4O2S/c1-16-5-7-19(10-17(16)2)21-14-31-24(27-20-4-3-9-25-13-20)28(21)26-12-18-6-8-22-23(11-18)30-15-29-22/h3-14H,15H2,1-2H3. The fraction of sp³-hybridized carbons (Fsp3) is 0.125. The first-order valence-corrected chi connectivity index (χ1v) is 10.7. The molecule has 4 aromatic rings. The molecule has 0 bridgehead atoms. The smallest absolute Gasteiger partial charge is 0.231 e. The van der Waals surface area contributed by atoms with Gasteiger partial charge in [0, 0.05) is 17.1 Å². The first-order chi connectivity index (χ1) is 15.2. The van der Waals surface area contributed by atoms with E-state index in [9.17, 15) is 0 Å². The van der Waals surface area contributed by atoms with Crippen LogP contribution in [0.3, 0.4) is 0 Å². The molecular weight excluding hydrogens is 408 g/mol. The molecule has 0 saturated carbocycles. The van der Waals surface area contributed by atoms with Crippen LogP contribution in [0, 0.1) is 13.8 Å². The van der Waals surface area contributed by atoms with Gasteiger partial charge in [-0.15, -0.1) is 11.3 Å². The molecular formula is C24H20N4O2S. The topological polar surface area (TPSA) is 61.0 Å². The van der Waals surface area contributed by atoms with Crippen LogP contribution in [0.2, 0.25) is 0 Å². The Morgan fingerprint density at radius 3 is 2.77 bits per heavy atom. The summed E-state index contributed by atoms with van der Waals surface area (Å²) in [4.78, 5) is 9.68. The average molecular weight is 429 g/mol. The second kappa shape index (κ2) is 8.20. The summed E-state index contributed by atoms with van der Waals surface area (Å²) in [5.74, 6) is 1.48. The molecule has 154 valence electrons. The van der Waals surface area contributed by atoms with E-state index < -0.39 is 0 Å². The molecule has 7 heteroatoms. The molecule has 5 rings (SSSR count). The number of pyridine rings is 1. The maximum absolute atomic E-state index is 5.48. The Labute approximate surface area is 183 Å². The lowest BCUT2D eigenvalue weighted by Crippen LogP contribution is -2.11. The van der Waals surface area contributed by atoms with Crippen LogP contribution in [0.5, 0.6) is 11.5 Å². The predicted octanol–water partition coefficient (Wildman–Crippen LogP) is 5.07. The number of ether oxygens (including phenoxy) is 2. The number of hydrogen-bond donors (Lipinski definition) is 0. The number of benzene rings is 2. The normalized spacial score (nSPS) is 13.3. The molecule has 31 heavy (non-hydrogen) atoms. The zero-order valence-electron chi connectivity index (χ0n) is 17.1. The van der Waals surface area contributed by atoms with E-state index in [1.807, 2.05) is 41.2 Å². The maximum Gasteiger partial charge on any atom is 0.231 e. The number of hydrogen-bond acceptors (Lipinski definition) is 6. The van der Waals surface area contributed by atoms with Crippen molar-refractivity contribution in [2.75, 3.05) is 6.79 Å². The molecule has 2 aromatic carbocycles. The van der Waals surface area contributed by atoms with Crippen molar-refractivity contribution in [1.29, 1.82) is 0 Å². The minimum atomic E-state index is 0.250. The molecule has 0 N–H and O–H groups in total. The largest absolute Gasteiger partial charge is 0.454 e. The number of thiazole rings is 1. The summed E-state index contributed by atoms with van der Waals surface area (Å²) in [6, 6.07) is 16.0. The van der Waals surface area contributed by atoms with Gasteiger partial charge in [0.25, 0.3) is 0 Å². The molecule has 3 heterocycles. The van der Waals surface area contributed by atoms with Gasteiger partial charge in [0.05, 0.1) is 23.8 Å². The molecule has 2 aromatic heterocycles. The molecule has 1 aliphatic heterocycles. The summed E-state index contributed by atoms with van der Waals surface area (Å²) in [5, 5.41) is 6.86. The number of aryl methyl sites for hydroxylation is 2. The van der Waals surface area contributed by atoms with Gasteiger partial charge in [-0.25, -0.2) is 9.67 Å². The highest BCUT2D eigenvalue weighted by Gasteiger charge is 2.13. The summed E-state index contributed by atoms with van der Waals surface area (Å²) in [7, 11) is 0. The second-order valence-corrected chi connectivity index (χ2v) is 8.03. The first kappa shape index (κ1) is 19.3. The van der Waals surface area contributed by atoms with Gasteiger partial charge in [-0.3, -0.25) is 4.98 Å². The van der Waals surface area contributed by atoms with E-state index in [0.29, 0.717) is 0 Å². The van der Waals surface area contributed by atoms with Crippen LogP contribution in [0.1, 0.15) is 16.7 Å². The van der Waals surface area contributed by atoms with Crippen molar-refractivity contribution in [3.05, 3.63) is 87.8 Å². The third-order valence-electron chi connectivity index (χ3n) is 5.08. The Kier molecular flexibility index (Phi) is 5.09. The highest BCUT2D eigenvalue weighted by molar-refractivity contribution is 7.07. The second-order valence-electron chi connectivity index (χ2n) is 7.19. The Balaban J connectivity index is 1.61. The number of rotatable bonds is 4. The van der Waals surface area contributed by atoms with Crippen LogP contribution in [-0.2, 0) is 0 Å². The first-order valence-electron chi connectivity index (χ1n) is 9.84. The van der Waals surface area contributed by atoms with Crippen molar-refractivity contribution in [3.8, 4) is 22.8 Å². The molecule has 0 radical (unpaired) electrons. The molecule has 0 spiro atoms. The van der Waals surface area contributed by atoms with Gasteiger partial charge in [-0.1, -0.05) is 12.1 Å². The monoisotopic (exact) mass is 428 g/mol. The summed E-state index contributed by atoms with van der Waals surface area (Å²) in [5.41, 5.74) is 6.27. The Bertz CT molecular complexity index is 1340. The van der Waals surface area contributed by atoms with E-state index in [2.05, 4.69) is 42.4 Å². The lowest BCUT2D eigenvalue weighted by molar-refractivity contribution is 0.174. The Morgan fingerprint density at radius 2 is 1.94 bits per heavy atom. The Morgan fingerprint density at radius 1 is 1.03 bits per heavy atom. The van der Waals surface area contributed by atoms with Crippen molar-refractivity contribution in [1.82, 2.24) is 9.66 Å². The highest BCUT2D eigenvalue weighted by Crippen LogP contribution is 2.32. The van der Waals surface area contributed by atoms with Gasteiger partial charge in [0.1, 0.15) is 0 Å². The van der Waals surface area contributed by atoms with Crippen molar-refractivity contribution in [2.45, 2.75) is 13.8 Å². The van der Waals surface area contributed by atoms with Gasteiger partial charge in [0.15, 0.2) is 11.5 Å². The van der Waals surface area contributed by atoms with Gasteiger partial charge in [0.2, 0.25) is 11.6 Å². The molecule has 0 unspecified atom stereocenters. The fourth-order valence-corrected chi connectivity index (χ4v) is 4.09. The zero-order valence-corrected chi connectivity index (χ0v) is 18.0. The quantitative estimate of drug-likeness (QED) is 0.426. The van der Waals surface area contributed by atoms with E-state index in [1.54, 1.807) is 23.7 Å². The van der Waals surface area contributed by atoms with Crippen LogP contribution < -0.4 is 14.3 Å². The third kappa shape index (κ3) is 4.00. The number of fused-ring (bicyclic) bond motifs is 1. The van der Waals surface area contributed by atoms with E-state index in [4.69, 9.17) is 19.6 Å². The van der Waals surface area contributed by atoms with Crippen LogP contribution in [0.4, 0.5) is 5.69 Å². The van der Waals surface area contributed by atoms with Gasteiger partial charge in [-0.05, 0) is 66.9 Å². The summed E-state index contributed by atoms with van der Waals surface area (Å²) in [6.07, 6.45) is 5.28. The van der Waals surface area contributed by atoms with Gasteiger partial charge in [-0.2, -0.15) is 5.10 Å². The third-order valence-corrected chi connectivity index (χ3v) is 5.89. The molecule has 0 fully saturated rings. The summed E-state index contributed by atoms with van der Waals surface area (Å²) in [6.45, 7) is 4.48. The van der Waals surface area contributed by atoms with Crippen molar-refractivity contribution >= 4 is 23.2 Å². The van der Waals surface area contributed by atoms with E-state index >= 15 is 0 Å². The lowest BCUT2D eigenvalue weighted by Gasteiger charge is -2.07. The average Bonchev–Trinajstić information content (AvgIpc) is 3.41. The number of aromatic nitrogens is 2. The zero-order chi connectivity index (χ0) is 21.2. The maximum atomic E-state index is 5.48. The Hall–Kier alpha value is -3.71. The van der Waals surface area contributed by atoms with E-state index in [1.165, 1.54) is 11.1 Å². The van der Waals surface area contributed by atoms with Crippen LogP contribution in [0.15, 0.2) is 76.4 Å². The molecule has 0 aliphatic carbocycles. The lowest BCUT2D eigenvalue weighted by atomic mass is 10.1. The molecule has 0 amide bonds. The fourth-order valence-electron chi connectivity index (χ4n) is 3.24. The van der Waals surface area contributed by atoms with Crippen molar-refractivity contribution in [3.63, 3.8) is 0 Å². The molecule has 0 saturated heterocycles. The van der Waals surface area contributed by atoms with Crippen LogP contribution in [0.25, 0.3) is 11.3 Å². The summed E-state index contributed by atoms with van der Waals surface area (Å²) < 4.78 is 12.7. The predicted molar refractivity (Wildman–Crippen MR) is 122 cm³/mol. The van der Waals surface area contributed by atoms with Crippen molar-refractivity contribution in [2.24, 2.45) is 10.1 Å². The SMILES string of the molecule is Cc1ccc(-c2csc(=Nc3cccnc3)n2N=Cc2ccc3c(c2)OCO3)cc1C. The molecule has 6 nitrogen and oxygen atoms in total. The minimum Gasteiger partial charge on any atom is -0.454 e. The summed E-state index contributed by atoms with van der Waals surface area (Å²) >= 11 is 1.54. The van der Waals surface area contributed by atoms with Gasteiger partial charge < -0.3 is 9.47 Å². The minimum absolute atomic E-state index is 0.250. The van der Waals surface area contributed by atoms with E-state index in [0.717, 1.165) is 38.8 Å². The van der Waals surface area contributed by atoms with Crippen LogP contribution in [-0.4, -0.2) is 22.7 Å². The van der Waals surface area contributed by atoms with Crippen molar-refractivity contribution < 1.29 is 9.47 Å².